The van der Waals surface area contributed by atoms with Crippen molar-refractivity contribution in [1.29, 1.82) is 0 Å². The number of rotatable bonds is 11. The van der Waals surface area contributed by atoms with Crippen LogP contribution in [0.2, 0.25) is 0 Å². The fourth-order valence-corrected chi connectivity index (χ4v) is 4.48. The van der Waals surface area contributed by atoms with E-state index in [0.717, 1.165) is 0 Å². The van der Waals surface area contributed by atoms with Gasteiger partial charge in [-0.15, -0.1) is 0 Å². The smallest absolute Gasteiger partial charge is 0.336 e. The van der Waals surface area contributed by atoms with Crippen molar-refractivity contribution in [3.63, 3.8) is 0 Å². The lowest BCUT2D eigenvalue weighted by Gasteiger charge is -2.14. The van der Waals surface area contributed by atoms with Crippen molar-refractivity contribution in [1.82, 2.24) is 0 Å². The summed E-state index contributed by atoms with van der Waals surface area (Å²) in [5.74, 6) is 0.524. The number of carboxylic acids is 2. The predicted molar refractivity (Wildman–Crippen MR) is 147 cm³/mol. The second kappa shape index (κ2) is 11.8. The lowest BCUT2D eigenvalue weighted by atomic mass is 9.99. The Balaban J connectivity index is 1.49. The van der Waals surface area contributed by atoms with Gasteiger partial charge in [0.05, 0.1) is 26.0 Å². The van der Waals surface area contributed by atoms with E-state index >= 15 is 0 Å². The average molecular weight is 559 g/mol. The number of hydrogen-bond donors (Lipinski definition) is 2. The van der Waals surface area contributed by atoms with Crippen LogP contribution >= 0.6 is 0 Å². The fourth-order valence-electron chi connectivity index (χ4n) is 4.48. The third kappa shape index (κ3) is 5.81. The van der Waals surface area contributed by atoms with Gasteiger partial charge in [-0.1, -0.05) is 18.2 Å². The molecule has 4 aromatic rings. The summed E-state index contributed by atoms with van der Waals surface area (Å²) in [6, 6.07) is 16.8. The van der Waals surface area contributed by atoms with Crippen molar-refractivity contribution in [2.45, 2.75) is 13.0 Å². The molecular weight excluding hydrogens is 532 g/mol. The topological polar surface area (TPSA) is 134 Å². The van der Waals surface area contributed by atoms with Crippen molar-refractivity contribution in [2.75, 3.05) is 21.0 Å². The number of aliphatic carboxylic acids is 1. The maximum atomic E-state index is 12.3. The minimum absolute atomic E-state index is 0.0179. The van der Waals surface area contributed by atoms with Crippen molar-refractivity contribution in [3.8, 4) is 39.9 Å². The van der Waals surface area contributed by atoms with Crippen LogP contribution < -0.4 is 23.7 Å². The first kappa shape index (κ1) is 27.2. The van der Waals surface area contributed by atoms with Gasteiger partial charge in [0, 0.05) is 46.4 Å². The van der Waals surface area contributed by atoms with Gasteiger partial charge in [-0.2, -0.15) is 0 Å². The van der Waals surface area contributed by atoms with E-state index in [2.05, 4.69) is 0 Å². The second-order valence-corrected chi connectivity index (χ2v) is 8.98. The van der Waals surface area contributed by atoms with Gasteiger partial charge < -0.3 is 38.3 Å². The van der Waals surface area contributed by atoms with E-state index in [4.69, 9.17) is 28.1 Å². The van der Waals surface area contributed by atoms with Crippen LogP contribution in [-0.4, -0.2) is 43.2 Å². The fraction of sp³-hybridized carbons (Fsp3) is 0.161. The number of ether oxygens (including phenoxy) is 5. The molecule has 1 aromatic heterocycles. The summed E-state index contributed by atoms with van der Waals surface area (Å²) in [7, 11) is 3.02. The molecule has 2 heterocycles. The molecule has 2 N–H and O–H groups in total. The molecule has 10 nitrogen and oxygen atoms in total. The maximum Gasteiger partial charge on any atom is 0.336 e. The van der Waals surface area contributed by atoms with Crippen LogP contribution in [0, 0.1) is 0 Å². The van der Waals surface area contributed by atoms with Gasteiger partial charge in [0.25, 0.3) is 0 Å². The molecule has 0 saturated heterocycles. The molecule has 0 fully saturated rings. The van der Waals surface area contributed by atoms with Crippen LogP contribution in [0.5, 0.6) is 28.7 Å². The Labute approximate surface area is 234 Å². The van der Waals surface area contributed by atoms with Gasteiger partial charge in [-0.3, -0.25) is 0 Å². The molecule has 41 heavy (non-hydrogen) atoms. The third-order valence-electron chi connectivity index (χ3n) is 6.54. The first-order valence-electron chi connectivity index (χ1n) is 12.5. The molecule has 1 aliphatic heterocycles. The number of carbonyl (C=O) groups is 2. The number of fused-ring (bicyclic) bond motifs is 1. The highest BCUT2D eigenvalue weighted by atomic mass is 16.7. The molecule has 0 bridgehead atoms. The van der Waals surface area contributed by atoms with Gasteiger partial charge >= 0.3 is 11.9 Å². The van der Waals surface area contributed by atoms with E-state index in [9.17, 15) is 19.8 Å². The molecule has 0 radical (unpaired) electrons. The quantitative estimate of drug-likeness (QED) is 0.221. The Morgan fingerprint density at radius 3 is 2.39 bits per heavy atom. The minimum atomic E-state index is -1.14. The molecule has 10 heteroatoms. The molecule has 0 saturated carbocycles. The molecule has 5 rings (SSSR count). The largest absolute Gasteiger partial charge is 0.497 e. The molecule has 0 amide bonds. The van der Waals surface area contributed by atoms with Gasteiger partial charge in [0.1, 0.15) is 29.6 Å². The van der Waals surface area contributed by atoms with Crippen LogP contribution in [0.15, 0.2) is 76.9 Å². The Bertz CT molecular complexity index is 1630. The minimum Gasteiger partial charge on any atom is -0.497 e. The van der Waals surface area contributed by atoms with Crippen LogP contribution in [-0.2, 0) is 17.8 Å². The van der Waals surface area contributed by atoms with Crippen molar-refractivity contribution in [2.24, 2.45) is 0 Å². The van der Waals surface area contributed by atoms with Gasteiger partial charge in [0.2, 0.25) is 6.79 Å². The molecule has 0 unspecified atom stereocenters. The zero-order valence-electron chi connectivity index (χ0n) is 22.2. The second-order valence-electron chi connectivity index (χ2n) is 8.98. The van der Waals surface area contributed by atoms with E-state index in [1.165, 1.54) is 32.6 Å². The number of methoxy groups -OCH3 is 2. The Kier molecular flexibility index (Phi) is 7.82. The summed E-state index contributed by atoms with van der Waals surface area (Å²) >= 11 is 0. The van der Waals surface area contributed by atoms with Crippen molar-refractivity contribution in [3.05, 3.63) is 95.0 Å². The van der Waals surface area contributed by atoms with Crippen molar-refractivity contribution >= 4 is 18.0 Å². The standard InChI is InChI=1S/C31H26O10/c1-36-21-7-8-23(27(14-21)39-16-18-5-3-4-6-22(18)31(34)35)24-9-10-38-26(24)13-20(30(32)33)11-19-12-28-29(41-17-40-28)15-25(19)37-2/h3-10,12-15H,11,16-17H2,1-2H3,(H,32,33)(H,34,35). The Morgan fingerprint density at radius 2 is 1.66 bits per heavy atom. The number of aromatic carboxylic acids is 1. The Morgan fingerprint density at radius 1 is 0.878 bits per heavy atom. The van der Waals surface area contributed by atoms with E-state index in [1.807, 2.05) is 0 Å². The molecule has 1 aliphatic rings. The zero-order valence-corrected chi connectivity index (χ0v) is 22.2. The van der Waals surface area contributed by atoms with E-state index in [-0.39, 0.29) is 31.0 Å². The zero-order chi connectivity index (χ0) is 28.9. The molecule has 210 valence electrons. The van der Waals surface area contributed by atoms with Gasteiger partial charge in [0.15, 0.2) is 11.5 Å². The van der Waals surface area contributed by atoms with Crippen LogP contribution in [0.3, 0.4) is 0 Å². The highest BCUT2D eigenvalue weighted by molar-refractivity contribution is 5.94. The summed E-state index contributed by atoms with van der Waals surface area (Å²) in [5, 5.41) is 19.6. The molecule has 3 aromatic carbocycles. The molecule has 0 spiro atoms. The van der Waals surface area contributed by atoms with Crippen LogP contribution in [0.25, 0.3) is 17.2 Å². The summed E-state index contributed by atoms with van der Waals surface area (Å²) in [4.78, 5) is 24.0. The van der Waals surface area contributed by atoms with E-state index < -0.39 is 11.9 Å². The summed E-state index contributed by atoms with van der Waals surface area (Å²) in [6.45, 7) is 0.0590. The van der Waals surface area contributed by atoms with E-state index in [1.54, 1.807) is 54.6 Å². The van der Waals surface area contributed by atoms with Gasteiger partial charge in [-0.05, 0) is 36.4 Å². The SMILES string of the molecule is COc1ccc(-c2ccoc2C=C(Cc2cc3c(cc2OC)OCO3)C(=O)O)c(OCc2ccccc2C(=O)O)c1. The summed E-state index contributed by atoms with van der Waals surface area (Å²) < 4.78 is 33.5. The number of furan rings is 1. The Hall–Kier alpha value is -5.38. The molecular formula is C31H26O10. The lowest BCUT2D eigenvalue weighted by Crippen LogP contribution is -2.06. The average Bonchev–Trinajstić information content (AvgIpc) is 3.64. The van der Waals surface area contributed by atoms with Gasteiger partial charge in [-0.25, -0.2) is 9.59 Å². The van der Waals surface area contributed by atoms with Crippen molar-refractivity contribution < 1.29 is 47.9 Å². The number of benzene rings is 3. The normalized spacial score (nSPS) is 12.2. The maximum absolute atomic E-state index is 12.3. The first-order valence-corrected chi connectivity index (χ1v) is 12.5. The lowest BCUT2D eigenvalue weighted by molar-refractivity contribution is -0.132. The van der Waals surface area contributed by atoms with Crippen LogP contribution in [0.4, 0.5) is 0 Å². The first-order chi connectivity index (χ1) is 19.9. The molecule has 0 atom stereocenters. The summed E-state index contributed by atoms with van der Waals surface area (Å²) in [5.41, 5.74) is 2.45. The number of carboxylic acid groups (broad SMARTS) is 2. The third-order valence-corrected chi connectivity index (χ3v) is 6.54. The summed E-state index contributed by atoms with van der Waals surface area (Å²) in [6.07, 6.45) is 2.93. The monoisotopic (exact) mass is 558 g/mol. The highest BCUT2D eigenvalue weighted by Crippen LogP contribution is 2.40. The number of hydrogen-bond acceptors (Lipinski definition) is 8. The molecule has 0 aliphatic carbocycles. The van der Waals surface area contributed by atoms with Crippen LogP contribution in [0.1, 0.15) is 27.2 Å². The highest BCUT2D eigenvalue weighted by Gasteiger charge is 2.22. The predicted octanol–water partition coefficient (Wildman–Crippen LogP) is 5.68. The van der Waals surface area contributed by atoms with E-state index in [0.29, 0.717) is 56.8 Å².